The largest absolute Gasteiger partial charge is 0.487 e. The molecule has 1 aliphatic rings. The van der Waals surface area contributed by atoms with Crippen molar-refractivity contribution < 1.29 is 14.3 Å². The van der Waals surface area contributed by atoms with Gasteiger partial charge in [0.15, 0.2) is 0 Å². The van der Waals surface area contributed by atoms with Crippen LogP contribution in [0.1, 0.15) is 34.5 Å². The molecule has 1 atom stereocenters. The Morgan fingerprint density at radius 3 is 2.85 bits per heavy atom. The monoisotopic (exact) mass is 464 g/mol. The molecule has 2 N–H and O–H groups in total. The van der Waals surface area contributed by atoms with Gasteiger partial charge < -0.3 is 20.3 Å². The number of nitrogens with zero attached hydrogens (tertiary/aromatic N) is 2. The van der Waals surface area contributed by atoms with Crippen molar-refractivity contribution in [1.29, 1.82) is 0 Å². The van der Waals surface area contributed by atoms with Crippen molar-refractivity contribution in [2.45, 2.75) is 26.4 Å². The summed E-state index contributed by atoms with van der Waals surface area (Å²) in [5.74, 6) is 0.857. The number of nitrogens with one attached hydrogen (secondary N) is 2. The van der Waals surface area contributed by atoms with Crippen molar-refractivity contribution in [3.63, 3.8) is 0 Å². The minimum absolute atomic E-state index is 0.0112. The van der Waals surface area contributed by atoms with E-state index in [9.17, 15) is 9.59 Å². The number of carbonyl (C=O) groups excluding carboxylic acids is 2. The van der Waals surface area contributed by atoms with Crippen molar-refractivity contribution in [2.75, 3.05) is 25.0 Å². The number of thiazole rings is 1. The molecule has 1 saturated heterocycles. The van der Waals surface area contributed by atoms with Gasteiger partial charge in [-0.3, -0.25) is 4.79 Å². The second kappa shape index (κ2) is 11.0. The van der Waals surface area contributed by atoms with Crippen LogP contribution in [0.4, 0.5) is 10.5 Å². The summed E-state index contributed by atoms with van der Waals surface area (Å²) in [5.41, 5.74) is 5.15. The van der Waals surface area contributed by atoms with Gasteiger partial charge in [0.05, 0.1) is 11.2 Å². The molecule has 0 saturated carbocycles. The highest BCUT2D eigenvalue weighted by molar-refractivity contribution is 7.07. The first-order valence-electron chi connectivity index (χ1n) is 11.1. The predicted octanol–water partition coefficient (Wildman–Crippen LogP) is 4.70. The molecule has 4 rings (SSSR count). The molecular formula is C25H28N4O3S. The number of hydrogen-bond donors (Lipinski definition) is 2. The Morgan fingerprint density at radius 2 is 2.06 bits per heavy atom. The van der Waals surface area contributed by atoms with Gasteiger partial charge in [-0.2, -0.15) is 0 Å². The maximum Gasteiger partial charge on any atom is 0.319 e. The van der Waals surface area contributed by atoms with Crippen LogP contribution in [-0.4, -0.2) is 41.5 Å². The van der Waals surface area contributed by atoms with Crippen LogP contribution in [0.25, 0.3) is 0 Å². The van der Waals surface area contributed by atoms with Crippen LogP contribution in [0.3, 0.4) is 0 Å². The molecule has 1 aromatic heterocycles. The number of anilines is 1. The minimum atomic E-state index is -0.229. The van der Waals surface area contributed by atoms with Crippen molar-refractivity contribution in [3.8, 4) is 5.75 Å². The number of amides is 3. The Morgan fingerprint density at radius 1 is 1.21 bits per heavy atom. The molecule has 0 radical (unpaired) electrons. The number of urea groups is 1. The van der Waals surface area contributed by atoms with Crippen molar-refractivity contribution in [3.05, 3.63) is 76.2 Å². The van der Waals surface area contributed by atoms with Crippen LogP contribution in [0.2, 0.25) is 0 Å². The van der Waals surface area contributed by atoms with Gasteiger partial charge in [-0.1, -0.05) is 23.8 Å². The summed E-state index contributed by atoms with van der Waals surface area (Å²) >= 11 is 1.53. The number of benzene rings is 2. The SMILES string of the molecule is Cc1ccc(NC(=O)NCC2CCCN(C(=O)c3cccc(OCc4cscn4)c3)C2)cc1. The Bertz CT molecular complexity index is 1070. The Kier molecular flexibility index (Phi) is 7.57. The third-order valence-electron chi connectivity index (χ3n) is 5.62. The number of aryl methyl sites for hydroxylation is 1. The number of carbonyl (C=O) groups is 2. The third-order valence-corrected chi connectivity index (χ3v) is 6.25. The molecule has 2 aromatic carbocycles. The van der Waals surface area contributed by atoms with E-state index in [2.05, 4.69) is 15.6 Å². The molecule has 172 valence electrons. The summed E-state index contributed by atoms with van der Waals surface area (Å²) in [6.07, 6.45) is 1.89. The topological polar surface area (TPSA) is 83.6 Å². The number of ether oxygens (including phenoxy) is 1. The number of likely N-dealkylation sites (tertiary alicyclic amines) is 1. The first-order valence-corrected chi connectivity index (χ1v) is 12.0. The van der Waals surface area contributed by atoms with E-state index < -0.39 is 0 Å². The molecule has 3 aromatic rings. The molecule has 1 aliphatic heterocycles. The van der Waals surface area contributed by atoms with Crippen LogP contribution >= 0.6 is 11.3 Å². The first-order chi connectivity index (χ1) is 16.1. The van der Waals surface area contributed by atoms with Gasteiger partial charge in [0.1, 0.15) is 12.4 Å². The van der Waals surface area contributed by atoms with Gasteiger partial charge in [0.2, 0.25) is 0 Å². The molecule has 33 heavy (non-hydrogen) atoms. The molecule has 7 nitrogen and oxygen atoms in total. The lowest BCUT2D eigenvalue weighted by Gasteiger charge is -2.33. The molecule has 1 unspecified atom stereocenters. The van der Waals surface area contributed by atoms with E-state index in [-0.39, 0.29) is 17.9 Å². The van der Waals surface area contributed by atoms with Gasteiger partial charge in [0, 0.05) is 36.3 Å². The zero-order valence-corrected chi connectivity index (χ0v) is 19.4. The summed E-state index contributed by atoms with van der Waals surface area (Å²) in [5, 5.41) is 7.73. The number of hydrogen-bond acceptors (Lipinski definition) is 5. The van der Waals surface area contributed by atoms with Gasteiger partial charge in [0.25, 0.3) is 5.91 Å². The predicted molar refractivity (Wildman–Crippen MR) is 130 cm³/mol. The fraction of sp³-hybridized carbons (Fsp3) is 0.320. The van der Waals surface area contributed by atoms with Gasteiger partial charge in [-0.15, -0.1) is 11.3 Å². The molecule has 0 spiro atoms. The standard InChI is InChI=1S/C25H28N4O3S/c1-18-7-9-21(10-8-18)28-25(31)26-13-19-4-3-11-29(14-19)24(30)20-5-2-6-23(12-20)32-15-22-16-33-17-27-22/h2,5-10,12,16-17,19H,3-4,11,13-15H2,1H3,(H2,26,28,31). The quantitative estimate of drug-likeness (QED) is 0.531. The van der Waals surface area contributed by atoms with E-state index >= 15 is 0 Å². The van der Waals surface area contributed by atoms with E-state index in [1.54, 1.807) is 11.6 Å². The highest BCUT2D eigenvalue weighted by Gasteiger charge is 2.25. The zero-order chi connectivity index (χ0) is 23.0. The van der Waals surface area contributed by atoms with Crippen LogP contribution in [0.5, 0.6) is 5.75 Å². The van der Waals surface area contributed by atoms with Crippen molar-refractivity contribution >= 4 is 29.0 Å². The lowest BCUT2D eigenvalue weighted by atomic mass is 9.97. The summed E-state index contributed by atoms with van der Waals surface area (Å²) in [6.45, 7) is 4.25. The first kappa shape index (κ1) is 22.8. The van der Waals surface area contributed by atoms with E-state index in [0.29, 0.717) is 31.0 Å². The summed E-state index contributed by atoms with van der Waals surface area (Å²) in [4.78, 5) is 31.4. The van der Waals surface area contributed by atoms with E-state index in [1.807, 2.05) is 59.7 Å². The fourth-order valence-corrected chi connectivity index (χ4v) is 4.38. The molecule has 1 fully saturated rings. The normalized spacial score (nSPS) is 15.7. The molecule has 0 bridgehead atoms. The average Bonchev–Trinajstić information content (AvgIpc) is 3.37. The molecule has 8 heteroatoms. The highest BCUT2D eigenvalue weighted by Crippen LogP contribution is 2.21. The average molecular weight is 465 g/mol. The van der Waals surface area contributed by atoms with Crippen LogP contribution < -0.4 is 15.4 Å². The van der Waals surface area contributed by atoms with Crippen molar-refractivity contribution in [2.24, 2.45) is 5.92 Å². The zero-order valence-electron chi connectivity index (χ0n) is 18.6. The smallest absolute Gasteiger partial charge is 0.319 e. The lowest BCUT2D eigenvalue weighted by molar-refractivity contribution is 0.0674. The van der Waals surface area contributed by atoms with Crippen molar-refractivity contribution in [1.82, 2.24) is 15.2 Å². The van der Waals surface area contributed by atoms with Gasteiger partial charge >= 0.3 is 6.03 Å². The van der Waals surface area contributed by atoms with Gasteiger partial charge in [-0.05, 0) is 56.0 Å². The maximum absolute atomic E-state index is 13.1. The van der Waals surface area contributed by atoms with E-state index in [4.69, 9.17) is 4.74 Å². The Hall–Kier alpha value is -3.39. The van der Waals surface area contributed by atoms with E-state index in [1.165, 1.54) is 11.3 Å². The minimum Gasteiger partial charge on any atom is -0.487 e. The fourth-order valence-electron chi connectivity index (χ4n) is 3.83. The highest BCUT2D eigenvalue weighted by atomic mass is 32.1. The Balaban J connectivity index is 1.27. The van der Waals surface area contributed by atoms with E-state index in [0.717, 1.165) is 36.3 Å². The molecule has 0 aliphatic carbocycles. The number of piperidine rings is 1. The number of rotatable bonds is 7. The van der Waals surface area contributed by atoms with Crippen LogP contribution in [-0.2, 0) is 6.61 Å². The van der Waals surface area contributed by atoms with Crippen LogP contribution in [0.15, 0.2) is 59.4 Å². The summed E-state index contributed by atoms with van der Waals surface area (Å²) < 4.78 is 5.79. The molecule has 3 amide bonds. The molecular weight excluding hydrogens is 436 g/mol. The summed E-state index contributed by atoms with van der Waals surface area (Å²) in [7, 11) is 0. The second-order valence-electron chi connectivity index (χ2n) is 8.26. The Labute approximate surface area is 197 Å². The van der Waals surface area contributed by atoms with Gasteiger partial charge in [-0.25, -0.2) is 9.78 Å². The number of aromatic nitrogens is 1. The molecule has 2 heterocycles. The lowest BCUT2D eigenvalue weighted by Crippen LogP contribution is -2.44. The second-order valence-corrected chi connectivity index (χ2v) is 8.98. The third kappa shape index (κ3) is 6.55. The maximum atomic E-state index is 13.1. The van der Waals surface area contributed by atoms with Crippen LogP contribution in [0, 0.1) is 12.8 Å². The summed E-state index contributed by atoms with van der Waals surface area (Å²) in [6, 6.07) is 14.7.